The highest BCUT2D eigenvalue weighted by molar-refractivity contribution is 7.91. The lowest BCUT2D eigenvalue weighted by atomic mass is 10.0. The first-order valence-corrected chi connectivity index (χ1v) is 11.8. The summed E-state index contributed by atoms with van der Waals surface area (Å²) in [5.74, 6) is 2.25. The molecule has 3 rings (SSSR count). The van der Waals surface area contributed by atoms with E-state index in [1.54, 1.807) is 11.8 Å². The van der Waals surface area contributed by atoms with Crippen LogP contribution in [0.5, 0.6) is 5.75 Å². The van der Waals surface area contributed by atoms with E-state index >= 15 is 0 Å². The number of hydrogen-bond donors (Lipinski definition) is 0. The number of aryl methyl sites for hydroxylation is 1. The van der Waals surface area contributed by atoms with E-state index in [4.69, 9.17) is 9.15 Å². The van der Waals surface area contributed by atoms with Crippen LogP contribution in [0.3, 0.4) is 0 Å². The van der Waals surface area contributed by atoms with Crippen molar-refractivity contribution < 1.29 is 22.4 Å². The standard InChI is InChI=1S/C22H29NO5S/c1-15(2)18-6-9-20(10-7-18)28-17(4)22(24)23(13-21-8-5-16(3)27-21)19-11-12-29(25,26)14-19/h5-10,15,17,19H,11-14H2,1-4H3/t17-,19-/m1/s1. The molecule has 0 N–H and O–H groups in total. The number of amides is 1. The lowest BCUT2D eigenvalue weighted by Crippen LogP contribution is -2.46. The number of carbonyl (C=O) groups is 1. The summed E-state index contributed by atoms with van der Waals surface area (Å²) in [4.78, 5) is 14.8. The van der Waals surface area contributed by atoms with Crippen LogP contribution in [0.15, 0.2) is 40.8 Å². The molecule has 1 saturated heterocycles. The van der Waals surface area contributed by atoms with E-state index in [0.717, 1.165) is 5.76 Å². The van der Waals surface area contributed by atoms with Crippen molar-refractivity contribution in [1.29, 1.82) is 0 Å². The fraction of sp³-hybridized carbons (Fsp3) is 0.500. The van der Waals surface area contributed by atoms with Crippen LogP contribution >= 0.6 is 0 Å². The highest BCUT2D eigenvalue weighted by Crippen LogP contribution is 2.24. The summed E-state index contributed by atoms with van der Waals surface area (Å²) in [7, 11) is -3.12. The molecule has 2 aromatic rings. The molecule has 1 fully saturated rings. The first-order valence-electron chi connectivity index (χ1n) is 9.97. The van der Waals surface area contributed by atoms with Crippen LogP contribution in [-0.4, -0.2) is 42.9 Å². The average molecular weight is 420 g/mol. The Balaban J connectivity index is 1.75. The average Bonchev–Trinajstić information content (AvgIpc) is 3.24. The molecule has 0 saturated carbocycles. The van der Waals surface area contributed by atoms with Crippen molar-refractivity contribution in [3.63, 3.8) is 0 Å². The van der Waals surface area contributed by atoms with Crippen molar-refractivity contribution >= 4 is 15.7 Å². The number of hydrogen-bond acceptors (Lipinski definition) is 5. The number of rotatable bonds is 7. The minimum atomic E-state index is -3.12. The van der Waals surface area contributed by atoms with Crippen LogP contribution in [0.4, 0.5) is 0 Å². The minimum Gasteiger partial charge on any atom is -0.481 e. The zero-order valence-corrected chi connectivity index (χ0v) is 18.2. The first kappa shape index (κ1) is 21.4. The van der Waals surface area contributed by atoms with Crippen LogP contribution in [-0.2, 0) is 21.2 Å². The first-order chi connectivity index (χ1) is 13.6. The topological polar surface area (TPSA) is 76.8 Å². The molecule has 1 aromatic heterocycles. The molecule has 2 heterocycles. The van der Waals surface area contributed by atoms with Crippen LogP contribution in [0, 0.1) is 6.92 Å². The normalized spacial score (nSPS) is 19.3. The van der Waals surface area contributed by atoms with Crippen LogP contribution in [0.1, 0.15) is 50.2 Å². The maximum absolute atomic E-state index is 13.2. The summed E-state index contributed by atoms with van der Waals surface area (Å²) in [6.07, 6.45) is -0.303. The van der Waals surface area contributed by atoms with Gasteiger partial charge in [0.2, 0.25) is 0 Å². The Morgan fingerprint density at radius 2 is 1.86 bits per heavy atom. The van der Waals surface area contributed by atoms with Gasteiger partial charge in [0.25, 0.3) is 5.91 Å². The van der Waals surface area contributed by atoms with Crippen molar-refractivity contribution in [2.75, 3.05) is 11.5 Å². The summed E-state index contributed by atoms with van der Waals surface area (Å²) in [6, 6.07) is 11.0. The number of sulfone groups is 1. The Hall–Kier alpha value is -2.28. The highest BCUT2D eigenvalue weighted by atomic mass is 32.2. The molecule has 6 nitrogen and oxygen atoms in total. The van der Waals surface area contributed by atoms with E-state index in [-0.39, 0.29) is 30.0 Å². The van der Waals surface area contributed by atoms with E-state index in [2.05, 4.69) is 13.8 Å². The molecule has 0 unspecified atom stereocenters. The van der Waals surface area contributed by atoms with Crippen molar-refractivity contribution in [2.45, 2.75) is 58.7 Å². The van der Waals surface area contributed by atoms with Gasteiger partial charge >= 0.3 is 0 Å². The maximum atomic E-state index is 13.2. The second-order valence-corrected chi connectivity index (χ2v) is 10.2. The number of furan rings is 1. The summed E-state index contributed by atoms with van der Waals surface area (Å²) < 4.78 is 35.5. The lowest BCUT2D eigenvalue weighted by molar-refractivity contribution is -0.140. The highest BCUT2D eigenvalue weighted by Gasteiger charge is 2.37. The molecule has 2 atom stereocenters. The van der Waals surface area contributed by atoms with Crippen LogP contribution in [0.2, 0.25) is 0 Å². The molecular weight excluding hydrogens is 390 g/mol. The SMILES string of the molecule is Cc1ccc(CN(C(=O)[C@@H](C)Oc2ccc(C(C)C)cc2)[C@@H]2CCS(=O)(=O)C2)o1. The number of carbonyl (C=O) groups excluding carboxylic acids is 1. The predicted octanol–water partition coefficient (Wildman–Crippen LogP) is 3.69. The van der Waals surface area contributed by atoms with E-state index in [1.165, 1.54) is 5.56 Å². The zero-order chi connectivity index (χ0) is 21.2. The van der Waals surface area contributed by atoms with E-state index in [9.17, 15) is 13.2 Å². The summed E-state index contributed by atoms with van der Waals surface area (Å²) in [5, 5.41) is 0. The Morgan fingerprint density at radius 1 is 1.17 bits per heavy atom. The maximum Gasteiger partial charge on any atom is 0.264 e. The lowest BCUT2D eigenvalue weighted by Gasteiger charge is -2.30. The van der Waals surface area contributed by atoms with Gasteiger partial charge in [0, 0.05) is 6.04 Å². The van der Waals surface area contributed by atoms with Crippen molar-refractivity contribution in [3.05, 3.63) is 53.5 Å². The second kappa shape index (κ2) is 8.61. The van der Waals surface area contributed by atoms with Crippen molar-refractivity contribution in [2.24, 2.45) is 0 Å². The molecule has 29 heavy (non-hydrogen) atoms. The summed E-state index contributed by atoms with van der Waals surface area (Å²) in [6.45, 7) is 8.00. The van der Waals surface area contributed by atoms with Gasteiger partial charge in [0.05, 0.1) is 18.1 Å². The molecule has 158 valence electrons. The Bertz CT molecular complexity index is 946. The minimum absolute atomic E-state index is 0.0196. The van der Waals surface area contributed by atoms with Gasteiger partial charge in [-0.3, -0.25) is 4.79 Å². The Kier molecular flexibility index (Phi) is 6.36. The smallest absolute Gasteiger partial charge is 0.264 e. The molecule has 0 aliphatic carbocycles. The van der Waals surface area contributed by atoms with Crippen molar-refractivity contribution in [3.8, 4) is 5.75 Å². The third kappa shape index (κ3) is 5.41. The van der Waals surface area contributed by atoms with E-state index in [1.807, 2.05) is 43.3 Å². The van der Waals surface area contributed by atoms with Gasteiger partial charge in [-0.05, 0) is 56.0 Å². The molecule has 1 aliphatic heterocycles. The zero-order valence-electron chi connectivity index (χ0n) is 17.4. The fourth-order valence-electron chi connectivity index (χ4n) is 3.57. The van der Waals surface area contributed by atoms with Gasteiger partial charge in [-0.25, -0.2) is 8.42 Å². The van der Waals surface area contributed by atoms with Crippen LogP contribution < -0.4 is 4.74 Å². The molecule has 7 heteroatoms. The third-order valence-electron chi connectivity index (χ3n) is 5.26. The Labute approximate surface area is 172 Å². The molecule has 0 radical (unpaired) electrons. The molecule has 0 bridgehead atoms. The van der Waals surface area contributed by atoms with Gasteiger partial charge in [-0.1, -0.05) is 26.0 Å². The van der Waals surface area contributed by atoms with E-state index in [0.29, 0.717) is 23.8 Å². The number of ether oxygens (including phenoxy) is 1. The Morgan fingerprint density at radius 3 is 2.38 bits per heavy atom. The monoisotopic (exact) mass is 419 g/mol. The predicted molar refractivity (Wildman–Crippen MR) is 112 cm³/mol. The fourth-order valence-corrected chi connectivity index (χ4v) is 5.30. The van der Waals surface area contributed by atoms with Gasteiger partial charge in [-0.15, -0.1) is 0 Å². The molecule has 1 aliphatic rings. The van der Waals surface area contributed by atoms with Gasteiger partial charge < -0.3 is 14.1 Å². The van der Waals surface area contributed by atoms with Crippen LogP contribution in [0.25, 0.3) is 0 Å². The quantitative estimate of drug-likeness (QED) is 0.684. The summed E-state index contributed by atoms with van der Waals surface area (Å²) in [5.41, 5.74) is 1.20. The van der Waals surface area contributed by atoms with Crippen molar-refractivity contribution in [1.82, 2.24) is 4.90 Å². The largest absolute Gasteiger partial charge is 0.481 e. The molecule has 1 amide bonds. The molecular formula is C22H29NO5S. The van der Waals surface area contributed by atoms with Gasteiger partial charge in [-0.2, -0.15) is 0 Å². The molecule has 1 aromatic carbocycles. The number of benzene rings is 1. The molecule has 0 spiro atoms. The van der Waals surface area contributed by atoms with E-state index < -0.39 is 15.9 Å². The third-order valence-corrected chi connectivity index (χ3v) is 7.01. The summed E-state index contributed by atoms with van der Waals surface area (Å²) >= 11 is 0. The number of nitrogens with zero attached hydrogens (tertiary/aromatic N) is 1. The van der Waals surface area contributed by atoms with Gasteiger partial charge in [0.1, 0.15) is 17.3 Å². The van der Waals surface area contributed by atoms with Gasteiger partial charge in [0.15, 0.2) is 15.9 Å². The second-order valence-electron chi connectivity index (χ2n) is 8.02.